The van der Waals surface area contributed by atoms with Crippen LogP contribution in [0.15, 0.2) is 29.9 Å². The Morgan fingerprint density at radius 3 is 3.33 bits per heavy atom. The van der Waals surface area contributed by atoms with Crippen molar-refractivity contribution < 1.29 is 0 Å². The van der Waals surface area contributed by atoms with E-state index in [-0.39, 0.29) is 0 Å². The smallest absolute Gasteiger partial charge is 0.187 e. The normalized spacial score (nSPS) is 29.5. The summed E-state index contributed by atoms with van der Waals surface area (Å²) in [7, 11) is 0. The van der Waals surface area contributed by atoms with Crippen LogP contribution in [-0.2, 0) is 0 Å². The molecule has 2 atom stereocenters. The summed E-state index contributed by atoms with van der Waals surface area (Å²) in [6.45, 7) is 4.28. The molecule has 0 amide bonds. The lowest BCUT2D eigenvalue weighted by Gasteiger charge is -2.31. The summed E-state index contributed by atoms with van der Waals surface area (Å²) in [6, 6.07) is 0. The number of hydrazone groups is 1. The van der Waals surface area contributed by atoms with E-state index < -0.39 is 0 Å². The van der Waals surface area contributed by atoms with Gasteiger partial charge >= 0.3 is 0 Å². The number of hydrogen-bond acceptors (Lipinski definition) is 2. The van der Waals surface area contributed by atoms with Crippen LogP contribution >= 0.6 is 12.2 Å². The van der Waals surface area contributed by atoms with Crippen LogP contribution in [-0.4, -0.2) is 17.4 Å². The first kappa shape index (κ1) is 10.4. The number of rotatable bonds is 3. The standard InChI is InChI=1S/C11H15N3S/c1-2-6-12-11(15)14-13-10-7-8-4-3-5-9(8)10/h2-4,8-9H,1,5-7H2,(H2,12,14,15)/b13-10-/t8-,9+/m0/s1. The Morgan fingerprint density at radius 2 is 2.60 bits per heavy atom. The van der Waals surface area contributed by atoms with Gasteiger partial charge in [-0.15, -0.1) is 6.58 Å². The number of thiocarbonyl (C=S) groups is 1. The maximum atomic E-state index is 5.04. The average Bonchev–Trinajstić information content (AvgIpc) is 2.57. The zero-order valence-corrected chi connectivity index (χ0v) is 9.39. The molecule has 0 unspecified atom stereocenters. The Morgan fingerprint density at radius 1 is 1.73 bits per heavy atom. The van der Waals surface area contributed by atoms with E-state index in [0.29, 0.717) is 17.6 Å². The Balaban J connectivity index is 1.75. The van der Waals surface area contributed by atoms with Crippen molar-refractivity contribution in [3.63, 3.8) is 0 Å². The van der Waals surface area contributed by atoms with E-state index in [1.807, 2.05) is 0 Å². The fourth-order valence-electron chi connectivity index (χ4n) is 1.99. The molecule has 1 fully saturated rings. The number of allylic oxidation sites excluding steroid dienone is 2. The number of fused-ring (bicyclic) bond motifs is 1. The maximum Gasteiger partial charge on any atom is 0.187 e. The zero-order chi connectivity index (χ0) is 10.7. The van der Waals surface area contributed by atoms with E-state index in [1.165, 1.54) is 5.71 Å². The second kappa shape index (κ2) is 4.57. The maximum absolute atomic E-state index is 5.04. The molecule has 0 aliphatic heterocycles. The minimum atomic E-state index is 0.566. The molecular formula is C11H15N3S. The van der Waals surface area contributed by atoms with Crippen LogP contribution in [0.25, 0.3) is 0 Å². The molecule has 0 aromatic carbocycles. The minimum Gasteiger partial charge on any atom is -0.358 e. The molecule has 2 aliphatic rings. The lowest BCUT2D eigenvalue weighted by Crippen LogP contribution is -2.38. The van der Waals surface area contributed by atoms with Gasteiger partial charge in [0.05, 0.1) is 0 Å². The van der Waals surface area contributed by atoms with E-state index in [1.54, 1.807) is 6.08 Å². The van der Waals surface area contributed by atoms with Crippen LogP contribution in [0, 0.1) is 11.8 Å². The van der Waals surface area contributed by atoms with Crippen molar-refractivity contribution in [2.24, 2.45) is 16.9 Å². The van der Waals surface area contributed by atoms with Gasteiger partial charge in [-0.1, -0.05) is 18.2 Å². The molecule has 4 heteroatoms. The molecule has 0 heterocycles. The Kier molecular flexibility index (Phi) is 3.16. The Hall–Kier alpha value is -1.16. The second-order valence-electron chi connectivity index (χ2n) is 3.85. The van der Waals surface area contributed by atoms with Crippen molar-refractivity contribution in [1.82, 2.24) is 10.7 Å². The van der Waals surface area contributed by atoms with Crippen LogP contribution < -0.4 is 10.7 Å². The molecule has 0 bridgehead atoms. The summed E-state index contributed by atoms with van der Waals surface area (Å²) >= 11 is 5.04. The number of nitrogens with zero attached hydrogens (tertiary/aromatic N) is 1. The van der Waals surface area contributed by atoms with E-state index in [9.17, 15) is 0 Å². The predicted molar refractivity (Wildman–Crippen MR) is 66.7 cm³/mol. The van der Waals surface area contributed by atoms with Gasteiger partial charge in [0.1, 0.15) is 0 Å². The molecule has 0 saturated heterocycles. The molecule has 0 aromatic rings. The zero-order valence-electron chi connectivity index (χ0n) is 8.57. The quantitative estimate of drug-likeness (QED) is 0.432. The van der Waals surface area contributed by atoms with Gasteiger partial charge in [-0.3, -0.25) is 5.43 Å². The van der Waals surface area contributed by atoms with E-state index >= 15 is 0 Å². The van der Waals surface area contributed by atoms with Crippen LogP contribution in [0.3, 0.4) is 0 Å². The van der Waals surface area contributed by atoms with Crippen molar-refractivity contribution in [1.29, 1.82) is 0 Å². The summed E-state index contributed by atoms with van der Waals surface area (Å²) in [6.07, 6.45) is 8.52. The first-order chi connectivity index (χ1) is 7.31. The van der Waals surface area contributed by atoms with Crippen LogP contribution in [0.2, 0.25) is 0 Å². The van der Waals surface area contributed by atoms with E-state index in [2.05, 4.69) is 34.6 Å². The van der Waals surface area contributed by atoms with Crippen LogP contribution in [0.4, 0.5) is 0 Å². The number of hydrogen-bond donors (Lipinski definition) is 2. The molecule has 80 valence electrons. The lowest BCUT2D eigenvalue weighted by atomic mass is 9.74. The third kappa shape index (κ3) is 2.26. The largest absolute Gasteiger partial charge is 0.358 e. The lowest BCUT2D eigenvalue weighted by molar-refractivity contribution is 0.463. The van der Waals surface area contributed by atoms with Gasteiger partial charge in [-0.05, 0) is 31.0 Å². The summed E-state index contributed by atoms with van der Waals surface area (Å²) in [5.74, 6) is 1.37. The Labute approximate surface area is 95.3 Å². The Bertz CT molecular complexity index is 333. The summed E-state index contributed by atoms with van der Waals surface area (Å²) in [5, 5.41) is 7.86. The first-order valence-electron chi connectivity index (χ1n) is 5.19. The number of nitrogens with one attached hydrogen (secondary N) is 2. The molecule has 0 aromatic heterocycles. The first-order valence-corrected chi connectivity index (χ1v) is 5.60. The fraction of sp³-hybridized carbons (Fsp3) is 0.455. The highest BCUT2D eigenvalue weighted by Gasteiger charge is 2.37. The predicted octanol–water partition coefficient (Wildman–Crippen LogP) is 1.59. The third-order valence-corrected chi connectivity index (χ3v) is 3.11. The van der Waals surface area contributed by atoms with Gasteiger partial charge in [0, 0.05) is 18.2 Å². The van der Waals surface area contributed by atoms with Gasteiger partial charge in [-0.2, -0.15) is 5.10 Å². The van der Waals surface area contributed by atoms with Crippen molar-refractivity contribution in [2.75, 3.05) is 6.54 Å². The molecule has 1 saturated carbocycles. The van der Waals surface area contributed by atoms with Crippen LogP contribution in [0.5, 0.6) is 0 Å². The SMILES string of the molecule is C=CCNC(=S)N/N=C1/C[C@@H]2C=CC[C@@H]12. The highest BCUT2D eigenvalue weighted by atomic mass is 32.1. The van der Waals surface area contributed by atoms with Gasteiger partial charge in [0.2, 0.25) is 0 Å². The van der Waals surface area contributed by atoms with Crippen molar-refractivity contribution in [3.05, 3.63) is 24.8 Å². The second-order valence-corrected chi connectivity index (χ2v) is 4.26. The molecular weight excluding hydrogens is 206 g/mol. The molecule has 2 rings (SSSR count). The van der Waals surface area contributed by atoms with Gasteiger partial charge in [-0.25, -0.2) is 0 Å². The van der Waals surface area contributed by atoms with E-state index in [0.717, 1.165) is 18.8 Å². The van der Waals surface area contributed by atoms with Crippen molar-refractivity contribution in [3.8, 4) is 0 Å². The van der Waals surface area contributed by atoms with Gasteiger partial charge in [0.25, 0.3) is 0 Å². The highest BCUT2D eigenvalue weighted by Crippen LogP contribution is 2.39. The molecule has 2 aliphatic carbocycles. The van der Waals surface area contributed by atoms with Crippen molar-refractivity contribution in [2.45, 2.75) is 12.8 Å². The molecule has 0 spiro atoms. The summed E-state index contributed by atoms with van der Waals surface area (Å²) in [4.78, 5) is 0. The topological polar surface area (TPSA) is 36.4 Å². The average molecular weight is 221 g/mol. The molecule has 3 nitrogen and oxygen atoms in total. The minimum absolute atomic E-state index is 0.566. The van der Waals surface area contributed by atoms with Gasteiger partial charge in [0.15, 0.2) is 5.11 Å². The molecule has 0 radical (unpaired) electrons. The monoisotopic (exact) mass is 221 g/mol. The fourth-order valence-corrected chi connectivity index (χ4v) is 2.12. The summed E-state index contributed by atoms with van der Waals surface area (Å²) in [5.41, 5.74) is 4.11. The van der Waals surface area contributed by atoms with Crippen LogP contribution in [0.1, 0.15) is 12.8 Å². The van der Waals surface area contributed by atoms with Crippen molar-refractivity contribution >= 4 is 23.0 Å². The molecule has 2 N–H and O–H groups in total. The third-order valence-electron chi connectivity index (χ3n) is 2.87. The highest BCUT2D eigenvalue weighted by molar-refractivity contribution is 7.80. The summed E-state index contributed by atoms with van der Waals surface area (Å²) < 4.78 is 0. The van der Waals surface area contributed by atoms with Gasteiger partial charge < -0.3 is 5.32 Å². The molecule has 15 heavy (non-hydrogen) atoms. The van der Waals surface area contributed by atoms with E-state index in [4.69, 9.17) is 12.2 Å².